The van der Waals surface area contributed by atoms with E-state index in [9.17, 15) is 30.6 Å². The molecule has 6 aromatic rings. The third kappa shape index (κ3) is 9.19. The lowest BCUT2D eigenvalue weighted by atomic mass is 9.85. The topological polar surface area (TPSA) is 129 Å². The van der Waals surface area contributed by atoms with Crippen LogP contribution in [0, 0.1) is 69.0 Å². The molecule has 0 N–H and O–H groups in total. The first-order valence-corrected chi connectivity index (χ1v) is 26.5. The number of fused-ring (bicyclic) bond motifs is 3. The number of ketones is 2. The van der Waals surface area contributed by atoms with E-state index < -0.39 is 23.7 Å². The summed E-state index contributed by atoms with van der Waals surface area (Å²) in [5.74, 6) is -2.36. The first-order valence-electron chi connectivity index (χ1n) is 23.3. The van der Waals surface area contributed by atoms with Crippen molar-refractivity contribution in [1.29, 1.82) is 21.0 Å². The lowest BCUT2D eigenvalue weighted by Crippen LogP contribution is -2.10. The summed E-state index contributed by atoms with van der Waals surface area (Å²) in [5, 5.41) is 40.2. The molecular weight excluding hydrogens is 889 g/mol. The van der Waals surface area contributed by atoms with Gasteiger partial charge in [-0.05, 0) is 83.3 Å². The lowest BCUT2D eigenvalue weighted by Gasteiger charge is -2.15. The van der Waals surface area contributed by atoms with Gasteiger partial charge in [0, 0.05) is 72.8 Å². The Morgan fingerprint density at radius 1 is 0.545 bits per heavy atom. The molecular formula is C56H52N4O2S4. The van der Waals surface area contributed by atoms with Crippen molar-refractivity contribution in [2.24, 2.45) is 23.7 Å². The number of thiophene rings is 4. The minimum Gasteiger partial charge on any atom is -0.289 e. The summed E-state index contributed by atoms with van der Waals surface area (Å²) in [4.78, 5) is 34.7. The Hall–Kier alpha value is -5.72. The van der Waals surface area contributed by atoms with E-state index in [0.717, 1.165) is 94.8 Å². The maximum absolute atomic E-state index is 14.0. The minimum atomic E-state index is -0.974. The molecule has 4 atom stereocenters. The van der Waals surface area contributed by atoms with Crippen LogP contribution < -0.4 is 0 Å². The smallest absolute Gasteiger partial charge is 0.190 e. The van der Waals surface area contributed by atoms with Crippen LogP contribution in [0.15, 0.2) is 83.9 Å². The van der Waals surface area contributed by atoms with Crippen molar-refractivity contribution in [2.75, 3.05) is 0 Å². The van der Waals surface area contributed by atoms with Crippen molar-refractivity contribution in [3.05, 3.63) is 127 Å². The number of carbonyl (C=O) groups excluding carboxylic acids is 2. The molecule has 0 aliphatic heterocycles. The summed E-state index contributed by atoms with van der Waals surface area (Å²) in [6, 6.07) is 32.7. The number of nitriles is 4. The van der Waals surface area contributed by atoms with E-state index in [2.05, 4.69) is 76.2 Å². The highest BCUT2D eigenvalue weighted by atomic mass is 32.1. The molecule has 2 aliphatic rings. The molecule has 10 heteroatoms. The number of Topliss-reactive ketones (excluding diaryl/α,β-unsaturated/α-hetero) is 2. The third-order valence-corrected chi connectivity index (χ3v) is 18.5. The second-order valence-corrected chi connectivity index (χ2v) is 22.0. The Morgan fingerprint density at radius 2 is 0.924 bits per heavy atom. The summed E-state index contributed by atoms with van der Waals surface area (Å²) in [6.07, 6.45) is 14.8. The Bertz CT molecular complexity index is 2780. The molecule has 0 bridgehead atoms. The average molecular weight is 941 g/mol. The van der Waals surface area contributed by atoms with Crippen LogP contribution in [-0.2, 0) is 12.8 Å². The van der Waals surface area contributed by atoms with Gasteiger partial charge in [0.05, 0.1) is 24.3 Å². The van der Waals surface area contributed by atoms with Crippen LogP contribution in [0.4, 0.5) is 0 Å². The molecule has 4 aromatic heterocycles. The molecule has 0 saturated heterocycles. The van der Waals surface area contributed by atoms with Gasteiger partial charge in [-0.3, -0.25) is 9.59 Å². The molecule has 0 saturated carbocycles. The number of carbonyl (C=O) groups is 2. The van der Waals surface area contributed by atoms with Crippen LogP contribution in [0.25, 0.3) is 41.1 Å². The first kappa shape index (κ1) is 46.8. The fourth-order valence-electron chi connectivity index (χ4n) is 9.82. The molecule has 332 valence electrons. The highest BCUT2D eigenvalue weighted by molar-refractivity contribution is 7.33. The van der Waals surface area contributed by atoms with Crippen LogP contribution in [-0.4, -0.2) is 11.6 Å². The van der Waals surface area contributed by atoms with Gasteiger partial charge < -0.3 is 0 Å². The van der Waals surface area contributed by atoms with Gasteiger partial charge in [-0.2, -0.15) is 21.0 Å². The normalized spacial score (nSPS) is 17.6. The molecule has 0 radical (unpaired) electrons. The first-order chi connectivity index (χ1) is 32.2. The quantitative estimate of drug-likeness (QED) is 0.0789. The Morgan fingerprint density at radius 3 is 1.29 bits per heavy atom. The van der Waals surface area contributed by atoms with E-state index in [0.29, 0.717) is 34.1 Å². The summed E-state index contributed by atoms with van der Waals surface area (Å²) < 4.78 is 2.39. The zero-order valence-corrected chi connectivity index (χ0v) is 41.1. The van der Waals surface area contributed by atoms with E-state index in [4.69, 9.17) is 0 Å². The third-order valence-electron chi connectivity index (χ3n) is 13.6. The SMILES string of the molecule is CCCCC(CC)Cc1cc(-c2cc3sc(-c4cc(CC(CC)CCCC)c(/C=C5\C(=O)c6ccccc6C5C(C#N)C#N)s4)cc3s2)sc1/C=C1\C(=O)c2ccccc2C1C(C#N)C#N. The van der Waals surface area contributed by atoms with Crippen LogP contribution in [0.2, 0.25) is 0 Å². The largest absolute Gasteiger partial charge is 0.289 e. The fraction of sp³-hybridized carbons (Fsp3) is 0.357. The molecule has 0 spiro atoms. The molecule has 4 heterocycles. The maximum Gasteiger partial charge on any atom is 0.190 e. The van der Waals surface area contributed by atoms with Gasteiger partial charge in [-0.1, -0.05) is 128 Å². The van der Waals surface area contributed by atoms with Crippen molar-refractivity contribution in [1.82, 2.24) is 0 Å². The second-order valence-electron chi connectivity index (χ2n) is 17.7. The number of benzene rings is 2. The zero-order chi connectivity index (χ0) is 46.5. The standard InChI is InChI=1S/C56H52N4O2S4/c1-5-9-15-33(7-3)21-35-23-47(63-45(35)25-43-53(37(29-57)30-58)39-17-11-13-19-41(39)55(43)61)49-27-51-52(65-49)28-50(66-51)48-24-36(22-34(8-4)16-10-6-2)46(64-48)26-44-54(38(31-59)32-60)40-18-12-14-20-42(40)56(44)62/h11-14,17-20,23-28,33-34,37-38,53-54H,5-10,15-16,21-22H2,1-4H3/b43-25-,44-26-. The molecule has 4 unspecified atom stereocenters. The average Bonchev–Trinajstić information content (AvgIpc) is 4.20. The van der Waals surface area contributed by atoms with Crippen LogP contribution >= 0.6 is 45.3 Å². The number of nitrogens with zero attached hydrogens (tertiary/aromatic N) is 4. The van der Waals surface area contributed by atoms with E-state index in [-0.39, 0.29) is 11.6 Å². The predicted molar refractivity (Wildman–Crippen MR) is 273 cm³/mol. The molecule has 0 fully saturated rings. The van der Waals surface area contributed by atoms with E-state index in [1.807, 2.05) is 48.6 Å². The summed E-state index contributed by atoms with van der Waals surface area (Å²) in [5.41, 5.74) is 6.09. The molecule has 2 aromatic carbocycles. The zero-order valence-electron chi connectivity index (χ0n) is 37.9. The predicted octanol–water partition coefficient (Wildman–Crippen LogP) is 16.0. The number of rotatable bonds is 18. The summed E-state index contributed by atoms with van der Waals surface area (Å²) >= 11 is 6.91. The maximum atomic E-state index is 14.0. The van der Waals surface area contributed by atoms with Crippen molar-refractivity contribution in [3.63, 3.8) is 0 Å². The van der Waals surface area contributed by atoms with Gasteiger partial charge in [-0.25, -0.2) is 0 Å². The van der Waals surface area contributed by atoms with Gasteiger partial charge in [0.1, 0.15) is 11.8 Å². The van der Waals surface area contributed by atoms with E-state index in [1.165, 1.54) is 30.3 Å². The Labute approximate surface area is 404 Å². The van der Waals surface area contributed by atoms with Crippen LogP contribution in [0.5, 0.6) is 0 Å². The number of hydrogen-bond acceptors (Lipinski definition) is 10. The van der Waals surface area contributed by atoms with Gasteiger partial charge in [-0.15, -0.1) is 45.3 Å². The number of unbranched alkanes of at least 4 members (excludes halogenated alkanes) is 2. The van der Waals surface area contributed by atoms with Crippen molar-refractivity contribution in [3.8, 4) is 43.8 Å². The Balaban J connectivity index is 1.17. The second kappa shape index (κ2) is 20.8. The number of allylic oxidation sites excluding steroid dienone is 2. The number of hydrogen-bond donors (Lipinski definition) is 0. The summed E-state index contributed by atoms with van der Waals surface area (Å²) in [6.45, 7) is 8.96. The minimum absolute atomic E-state index is 0.107. The molecule has 8 rings (SSSR count). The van der Waals surface area contributed by atoms with E-state index in [1.54, 1.807) is 57.5 Å². The van der Waals surface area contributed by atoms with Gasteiger partial charge in [0.15, 0.2) is 11.6 Å². The van der Waals surface area contributed by atoms with E-state index >= 15 is 0 Å². The van der Waals surface area contributed by atoms with Crippen LogP contribution in [0.1, 0.15) is 144 Å². The van der Waals surface area contributed by atoms with Crippen molar-refractivity contribution in [2.45, 2.75) is 104 Å². The highest BCUT2D eigenvalue weighted by Gasteiger charge is 2.41. The van der Waals surface area contributed by atoms with Crippen molar-refractivity contribution < 1.29 is 9.59 Å². The Kier molecular flexibility index (Phi) is 14.8. The van der Waals surface area contributed by atoms with Gasteiger partial charge in [0.25, 0.3) is 0 Å². The molecule has 2 aliphatic carbocycles. The lowest BCUT2D eigenvalue weighted by molar-refractivity contribution is 0.103. The molecule has 0 amide bonds. The monoisotopic (exact) mass is 940 g/mol. The molecule has 66 heavy (non-hydrogen) atoms. The van der Waals surface area contributed by atoms with Crippen molar-refractivity contribution >= 4 is 78.5 Å². The van der Waals surface area contributed by atoms with Gasteiger partial charge >= 0.3 is 0 Å². The van der Waals surface area contributed by atoms with Crippen LogP contribution in [0.3, 0.4) is 0 Å². The van der Waals surface area contributed by atoms with Gasteiger partial charge in [0.2, 0.25) is 0 Å². The fourth-order valence-corrected chi connectivity index (χ4v) is 14.7. The molecule has 6 nitrogen and oxygen atoms in total. The summed E-state index contributed by atoms with van der Waals surface area (Å²) in [7, 11) is 0. The highest BCUT2D eigenvalue weighted by Crippen LogP contribution is 2.50.